The Labute approximate surface area is 147 Å². The minimum absolute atomic E-state index is 0.237. The van der Waals surface area contributed by atoms with Crippen LogP contribution in [0, 0.1) is 6.92 Å². The van der Waals surface area contributed by atoms with Crippen molar-refractivity contribution in [3.05, 3.63) is 39.8 Å². The van der Waals surface area contributed by atoms with Gasteiger partial charge in [0, 0.05) is 24.3 Å². The third kappa shape index (κ3) is 5.23. The van der Waals surface area contributed by atoms with Crippen molar-refractivity contribution in [3.63, 3.8) is 0 Å². The molecule has 0 atom stereocenters. The molecule has 1 aromatic heterocycles. The van der Waals surface area contributed by atoms with Gasteiger partial charge in [0.1, 0.15) is 5.75 Å². The van der Waals surface area contributed by atoms with Gasteiger partial charge in [0.15, 0.2) is 0 Å². The number of ether oxygens (including phenoxy) is 1. The summed E-state index contributed by atoms with van der Waals surface area (Å²) >= 11 is 1.67. The Kier molecular flexibility index (Phi) is 6.61. The molecule has 0 radical (unpaired) electrons. The van der Waals surface area contributed by atoms with Crippen molar-refractivity contribution in [2.45, 2.75) is 40.0 Å². The minimum Gasteiger partial charge on any atom is -0.492 e. The Morgan fingerprint density at radius 2 is 2.17 bits per heavy atom. The summed E-state index contributed by atoms with van der Waals surface area (Å²) in [5.41, 5.74) is 2.79. The topological polar surface area (TPSA) is 63.2 Å². The molecule has 24 heavy (non-hydrogen) atoms. The van der Waals surface area contributed by atoms with Crippen molar-refractivity contribution in [2.75, 3.05) is 18.5 Å². The molecule has 2 rings (SSSR count). The fourth-order valence-electron chi connectivity index (χ4n) is 2.18. The Balaban J connectivity index is 1.85. The molecular formula is C18H25N3O2S. The van der Waals surface area contributed by atoms with Crippen molar-refractivity contribution < 1.29 is 9.53 Å². The predicted octanol–water partition coefficient (Wildman–Crippen LogP) is 4.34. The van der Waals surface area contributed by atoms with Crippen LogP contribution in [0.1, 0.15) is 43.0 Å². The van der Waals surface area contributed by atoms with Crippen LogP contribution in [0.15, 0.2) is 23.6 Å². The summed E-state index contributed by atoms with van der Waals surface area (Å²) in [5.74, 6) is 1.13. The monoisotopic (exact) mass is 347 g/mol. The molecule has 0 bridgehead atoms. The van der Waals surface area contributed by atoms with Gasteiger partial charge < -0.3 is 15.4 Å². The second kappa shape index (κ2) is 8.68. The van der Waals surface area contributed by atoms with Gasteiger partial charge in [-0.25, -0.2) is 9.78 Å². The van der Waals surface area contributed by atoms with E-state index in [1.54, 1.807) is 11.3 Å². The minimum atomic E-state index is -0.237. The highest BCUT2D eigenvalue weighted by molar-refractivity contribution is 7.09. The van der Waals surface area contributed by atoms with E-state index in [9.17, 15) is 4.79 Å². The molecule has 2 N–H and O–H groups in total. The smallest absolute Gasteiger partial charge is 0.319 e. The van der Waals surface area contributed by atoms with Gasteiger partial charge in [-0.2, -0.15) is 0 Å². The molecule has 1 heterocycles. The Bertz CT molecular complexity index is 683. The Morgan fingerprint density at radius 1 is 1.38 bits per heavy atom. The summed E-state index contributed by atoms with van der Waals surface area (Å²) in [6, 6.07) is 5.48. The van der Waals surface area contributed by atoms with Crippen LogP contribution in [-0.2, 0) is 6.42 Å². The van der Waals surface area contributed by atoms with E-state index in [-0.39, 0.29) is 6.03 Å². The molecule has 2 amide bonds. The van der Waals surface area contributed by atoms with Crippen molar-refractivity contribution in [1.29, 1.82) is 0 Å². The largest absolute Gasteiger partial charge is 0.492 e. The number of nitrogens with zero attached hydrogens (tertiary/aromatic N) is 1. The first-order valence-corrected chi connectivity index (χ1v) is 9.10. The molecule has 1 aromatic carbocycles. The number of aromatic nitrogens is 1. The number of urea groups is 1. The van der Waals surface area contributed by atoms with Crippen LogP contribution in [-0.4, -0.2) is 24.2 Å². The molecule has 0 saturated heterocycles. The first-order chi connectivity index (χ1) is 11.5. The number of carbonyl (C=O) groups excluding carboxylic acids is 1. The number of thiazole rings is 1. The van der Waals surface area contributed by atoms with E-state index in [2.05, 4.69) is 34.8 Å². The number of rotatable bonds is 7. The first kappa shape index (κ1) is 18.3. The van der Waals surface area contributed by atoms with Gasteiger partial charge in [0.2, 0.25) is 0 Å². The summed E-state index contributed by atoms with van der Waals surface area (Å²) in [6.45, 7) is 9.28. The van der Waals surface area contributed by atoms with Crippen molar-refractivity contribution in [1.82, 2.24) is 10.3 Å². The second-order valence-electron chi connectivity index (χ2n) is 5.90. The summed E-state index contributed by atoms with van der Waals surface area (Å²) in [6.07, 6.45) is 0.725. The second-order valence-corrected chi connectivity index (χ2v) is 6.78. The molecule has 0 aliphatic heterocycles. The number of aryl methyl sites for hydroxylation is 1. The van der Waals surface area contributed by atoms with Gasteiger partial charge in [-0.15, -0.1) is 11.3 Å². The lowest BCUT2D eigenvalue weighted by molar-refractivity contribution is 0.252. The predicted molar refractivity (Wildman–Crippen MR) is 99.3 cm³/mol. The van der Waals surface area contributed by atoms with Gasteiger partial charge in [-0.3, -0.25) is 0 Å². The van der Waals surface area contributed by atoms with Crippen molar-refractivity contribution in [2.24, 2.45) is 0 Å². The molecule has 0 aliphatic carbocycles. The Hall–Kier alpha value is -2.08. The number of anilines is 1. The maximum Gasteiger partial charge on any atom is 0.319 e. The number of carbonyl (C=O) groups is 1. The van der Waals surface area contributed by atoms with Gasteiger partial charge in [0.25, 0.3) is 0 Å². The zero-order valence-corrected chi connectivity index (χ0v) is 15.5. The fraction of sp³-hybridized carbons (Fsp3) is 0.444. The van der Waals surface area contributed by atoms with Crippen LogP contribution in [0.5, 0.6) is 5.75 Å². The van der Waals surface area contributed by atoms with E-state index in [4.69, 9.17) is 4.74 Å². The average molecular weight is 347 g/mol. The van der Waals surface area contributed by atoms with Gasteiger partial charge in [-0.05, 0) is 31.5 Å². The summed E-state index contributed by atoms with van der Waals surface area (Å²) in [4.78, 5) is 16.6. The van der Waals surface area contributed by atoms with E-state index in [0.717, 1.165) is 22.7 Å². The molecule has 6 heteroatoms. The van der Waals surface area contributed by atoms with Gasteiger partial charge in [-0.1, -0.05) is 19.9 Å². The highest BCUT2D eigenvalue weighted by Gasteiger charge is 2.09. The van der Waals surface area contributed by atoms with Crippen LogP contribution in [0.3, 0.4) is 0 Å². The van der Waals surface area contributed by atoms with E-state index in [0.29, 0.717) is 30.5 Å². The third-order valence-corrected chi connectivity index (χ3v) is 4.61. The molecule has 0 unspecified atom stereocenters. The van der Waals surface area contributed by atoms with Crippen molar-refractivity contribution >= 4 is 23.1 Å². The number of nitrogens with one attached hydrogen (secondary N) is 2. The standard InChI is InChI=1S/C18H25N3O2S/c1-5-23-16-10-13(4)6-7-15(16)21-18(22)19-9-8-14-11-24-17(20-14)12(2)3/h6-7,10-12H,5,8-9H2,1-4H3,(H2,19,21,22). The number of amides is 2. The van der Waals surface area contributed by atoms with E-state index in [1.165, 1.54) is 0 Å². The SMILES string of the molecule is CCOc1cc(C)ccc1NC(=O)NCCc1csc(C(C)C)n1. The molecule has 0 aliphatic rings. The quantitative estimate of drug-likeness (QED) is 0.783. The number of hydrogen-bond donors (Lipinski definition) is 2. The number of hydrogen-bond acceptors (Lipinski definition) is 4. The third-order valence-electron chi connectivity index (χ3n) is 3.42. The zero-order valence-electron chi connectivity index (χ0n) is 14.7. The van der Waals surface area contributed by atoms with E-state index in [1.807, 2.05) is 32.0 Å². The summed E-state index contributed by atoms with van der Waals surface area (Å²) in [5, 5.41) is 8.89. The maximum atomic E-state index is 12.1. The van der Waals surface area contributed by atoms with Crippen LogP contribution in [0.4, 0.5) is 10.5 Å². The van der Waals surface area contributed by atoms with Gasteiger partial charge >= 0.3 is 6.03 Å². The molecule has 2 aromatic rings. The fourth-order valence-corrected chi connectivity index (χ4v) is 3.05. The van der Waals surface area contributed by atoms with Gasteiger partial charge in [0.05, 0.1) is 23.0 Å². The van der Waals surface area contributed by atoms with E-state index >= 15 is 0 Å². The van der Waals surface area contributed by atoms with Crippen LogP contribution >= 0.6 is 11.3 Å². The molecule has 0 fully saturated rings. The lowest BCUT2D eigenvalue weighted by atomic mass is 10.2. The summed E-state index contributed by atoms with van der Waals surface area (Å²) < 4.78 is 5.57. The lowest BCUT2D eigenvalue weighted by Gasteiger charge is -2.12. The summed E-state index contributed by atoms with van der Waals surface area (Å²) in [7, 11) is 0. The molecule has 0 saturated carbocycles. The highest BCUT2D eigenvalue weighted by atomic mass is 32.1. The average Bonchev–Trinajstić information content (AvgIpc) is 2.99. The first-order valence-electron chi connectivity index (χ1n) is 8.22. The maximum absolute atomic E-state index is 12.1. The normalized spacial score (nSPS) is 10.7. The molecule has 5 nitrogen and oxygen atoms in total. The molecule has 0 spiro atoms. The van der Waals surface area contributed by atoms with E-state index < -0.39 is 0 Å². The van der Waals surface area contributed by atoms with Crippen LogP contribution in [0.2, 0.25) is 0 Å². The Morgan fingerprint density at radius 3 is 2.83 bits per heavy atom. The van der Waals surface area contributed by atoms with Crippen LogP contribution < -0.4 is 15.4 Å². The van der Waals surface area contributed by atoms with Crippen LogP contribution in [0.25, 0.3) is 0 Å². The molecular weight excluding hydrogens is 322 g/mol. The highest BCUT2D eigenvalue weighted by Crippen LogP contribution is 2.25. The lowest BCUT2D eigenvalue weighted by Crippen LogP contribution is -2.30. The number of benzene rings is 1. The zero-order chi connectivity index (χ0) is 17.5. The molecule has 130 valence electrons. The van der Waals surface area contributed by atoms with Crippen molar-refractivity contribution in [3.8, 4) is 5.75 Å².